The standard InChI is InChI=1S/C13H24N4/c1-13(2,16(3)4)9-14-7-12-8-15-10-17(12)11-5-6-11/h8,10-11,14H,5-7,9H2,1-4H3. The van der Waals surface area contributed by atoms with E-state index in [0.29, 0.717) is 0 Å². The summed E-state index contributed by atoms with van der Waals surface area (Å²) in [5.41, 5.74) is 1.49. The van der Waals surface area contributed by atoms with Crippen molar-refractivity contribution < 1.29 is 0 Å². The molecule has 2 rings (SSSR count). The van der Waals surface area contributed by atoms with Crippen LogP contribution in [0.1, 0.15) is 38.4 Å². The van der Waals surface area contributed by atoms with Crippen LogP contribution in [0.3, 0.4) is 0 Å². The Morgan fingerprint density at radius 2 is 2.18 bits per heavy atom. The molecule has 0 bridgehead atoms. The maximum Gasteiger partial charge on any atom is 0.0951 e. The molecule has 1 aliphatic carbocycles. The Morgan fingerprint density at radius 1 is 1.47 bits per heavy atom. The first-order chi connectivity index (χ1) is 8.00. The van der Waals surface area contributed by atoms with Crippen molar-refractivity contribution in [2.75, 3.05) is 20.6 Å². The molecule has 96 valence electrons. The average Bonchev–Trinajstić information content (AvgIpc) is 2.99. The summed E-state index contributed by atoms with van der Waals surface area (Å²) in [7, 11) is 4.24. The third-order valence-electron chi connectivity index (χ3n) is 3.76. The van der Waals surface area contributed by atoms with E-state index in [-0.39, 0.29) is 5.54 Å². The fourth-order valence-electron chi connectivity index (χ4n) is 1.81. The highest BCUT2D eigenvalue weighted by molar-refractivity contribution is 5.03. The molecule has 1 aromatic heterocycles. The van der Waals surface area contributed by atoms with Gasteiger partial charge in [0, 0.05) is 30.9 Å². The first-order valence-electron chi connectivity index (χ1n) is 6.39. The Morgan fingerprint density at radius 3 is 2.76 bits per heavy atom. The van der Waals surface area contributed by atoms with Gasteiger partial charge in [-0.1, -0.05) is 0 Å². The summed E-state index contributed by atoms with van der Waals surface area (Å²) in [4.78, 5) is 6.49. The molecule has 1 aromatic rings. The van der Waals surface area contributed by atoms with Gasteiger partial charge in [-0.3, -0.25) is 0 Å². The van der Waals surface area contributed by atoms with Crippen molar-refractivity contribution >= 4 is 0 Å². The lowest BCUT2D eigenvalue weighted by Gasteiger charge is -2.32. The van der Waals surface area contributed by atoms with Gasteiger partial charge >= 0.3 is 0 Å². The SMILES string of the molecule is CN(C)C(C)(C)CNCc1cncn1C1CC1. The van der Waals surface area contributed by atoms with Gasteiger partial charge in [-0.15, -0.1) is 0 Å². The Bertz CT molecular complexity index is 363. The van der Waals surface area contributed by atoms with Gasteiger partial charge in [0.1, 0.15) is 0 Å². The lowest BCUT2D eigenvalue weighted by molar-refractivity contribution is 0.189. The van der Waals surface area contributed by atoms with E-state index >= 15 is 0 Å². The van der Waals surface area contributed by atoms with Crippen LogP contribution in [-0.2, 0) is 6.54 Å². The van der Waals surface area contributed by atoms with Crippen LogP contribution in [0.2, 0.25) is 0 Å². The highest BCUT2D eigenvalue weighted by atomic mass is 15.2. The van der Waals surface area contributed by atoms with Crippen molar-refractivity contribution in [2.24, 2.45) is 0 Å². The zero-order valence-electron chi connectivity index (χ0n) is 11.4. The first kappa shape index (κ1) is 12.6. The normalized spacial score (nSPS) is 16.8. The molecule has 0 radical (unpaired) electrons. The summed E-state index contributed by atoms with van der Waals surface area (Å²) in [6, 6.07) is 0.719. The van der Waals surface area contributed by atoms with Crippen LogP contribution in [-0.4, -0.2) is 40.6 Å². The number of rotatable bonds is 6. The summed E-state index contributed by atoms with van der Waals surface area (Å²) in [6.07, 6.45) is 6.57. The molecule has 0 aromatic carbocycles. The molecule has 17 heavy (non-hydrogen) atoms. The van der Waals surface area contributed by atoms with Crippen molar-refractivity contribution in [1.82, 2.24) is 19.8 Å². The van der Waals surface area contributed by atoms with Crippen molar-refractivity contribution in [3.05, 3.63) is 18.2 Å². The summed E-state index contributed by atoms with van der Waals surface area (Å²) in [5, 5.41) is 3.53. The van der Waals surface area contributed by atoms with Gasteiger partial charge < -0.3 is 14.8 Å². The van der Waals surface area contributed by atoms with E-state index in [9.17, 15) is 0 Å². The summed E-state index contributed by atoms with van der Waals surface area (Å²) < 4.78 is 2.32. The molecular weight excluding hydrogens is 212 g/mol. The lowest BCUT2D eigenvalue weighted by Crippen LogP contribution is -2.46. The predicted molar refractivity (Wildman–Crippen MR) is 70.0 cm³/mol. The minimum atomic E-state index is 0.185. The quantitative estimate of drug-likeness (QED) is 0.815. The van der Waals surface area contributed by atoms with E-state index in [0.717, 1.165) is 19.1 Å². The van der Waals surface area contributed by atoms with Crippen molar-refractivity contribution in [2.45, 2.75) is 44.8 Å². The van der Waals surface area contributed by atoms with Crippen molar-refractivity contribution in [1.29, 1.82) is 0 Å². The van der Waals surface area contributed by atoms with E-state index < -0.39 is 0 Å². The third kappa shape index (κ3) is 3.07. The Kier molecular flexibility index (Phi) is 3.54. The van der Waals surface area contributed by atoms with Gasteiger partial charge in [0.2, 0.25) is 0 Å². The number of hydrogen-bond donors (Lipinski definition) is 1. The van der Waals surface area contributed by atoms with Crippen molar-refractivity contribution in [3.63, 3.8) is 0 Å². The topological polar surface area (TPSA) is 33.1 Å². The molecule has 0 atom stereocenters. The molecule has 1 aliphatic rings. The summed E-state index contributed by atoms with van der Waals surface area (Å²) in [6.45, 7) is 6.39. The maximum absolute atomic E-state index is 4.25. The monoisotopic (exact) mass is 236 g/mol. The van der Waals surface area contributed by atoms with E-state index in [1.807, 2.05) is 12.5 Å². The molecule has 1 heterocycles. The minimum Gasteiger partial charge on any atom is -0.330 e. The molecule has 0 aliphatic heterocycles. The Balaban J connectivity index is 1.83. The highest BCUT2D eigenvalue weighted by Gasteiger charge is 2.25. The zero-order valence-corrected chi connectivity index (χ0v) is 11.4. The lowest BCUT2D eigenvalue weighted by atomic mass is 10.0. The summed E-state index contributed by atoms with van der Waals surface area (Å²) in [5.74, 6) is 0. The van der Waals surface area contributed by atoms with Crippen LogP contribution in [0.25, 0.3) is 0 Å². The van der Waals surface area contributed by atoms with Gasteiger partial charge in [0.05, 0.1) is 12.0 Å². The number of likely N-dealkylation sites (N-methyl/N-ethyl adjacent to an activating group) is 1. The molecule has 1 saturated carbocycles. The molecule has 1 N–H and O–H groups in total. The van der Waals surface area contributed by atoms with Crippen LogP contribution in [0, 0.1) is 0 Å². The minimum absolute atomic E-state index is 0.185. The fourth-order valence-corrected chi connectivity index (χ4v) is 1.81. The van der Waals surface area contributed by atoms with Crippen LogP contribution >= 0.6 is 0 Å². The molecule has 0 amide bonds. The van der Waals surface area contributed by atoms with Gasteiger partial charge in [-0.2, -0.15) is 0 Å². The van der Waals surface area contributed by atoms with Gasteiger partial charge in [0.25, 0.3) is 0 Å². The molecule has 4 nitrogen and oxygen atoms in total. The van der Waals surface area contributed by atoms with E-state index in [1.54, 1.807) is 0 Å². The molecule has 1 fully saturated rings. The van der Waals surface area contributed by atoms with E-state index in [1.165, 1.54) is 18.5 Å². The van der Waals surface area contributed by atoms with Crippen LogP contribution in [0.5, 0.6) is 0 Å². The second-order valence-corrected chi connectivity index (χ2v) is 5.83. The average molecular weight is 236 g/mol. The molecule has 4 heteroatoms. The number of imidazole rings is 1. The molecule has 0 unspecified atom stereocenters. The molecule has 0 spiro atoms. The highest BCUT2D eigenvalue weighted by Crippen LogP contribution is 2.35. The third-order valence-corrected chi connectivity index (χ3v) is 3.76. The van der Waals surface area contributed by atoms with E-state index in [2.05, 4.69) is 47.7 Å². The number of nitrogens with one attached hydrogen (secondary N) is 1. The Hall–Kier alpha value is -0.870. The summed E-state index contributed by atoms with van der Waals surface area (Å²) >= 11 is 0. The number of aromatic nitrogens is 2. The second-order valence-electron chi connectivity index (χ2n) is 5.83. The molecule has 0 saturated heterocycles. The van der Waals surface area contributed by atoms with Crippen molar-refractivity contribution in [3.8, 4) is 0 Å². The zero-order chi connectivity index (χ0) is 12.5. The van der Waals surface area contributed by atoms with Gasteiger partial charge in [-0.05, 0) is 40.8 Å². The van der Waals surface area contributed by atoms with Gasteiger partial charge in [0.15, 0.2) is 0 Å². The second kappa shape index (κ2) is 4.78. The number of nitrogens with zero attached hydrogens (tertiary/aromatic N) is 3. The first-order valence-corrected chi connectivity index (χ1v) is 6.39. The largest absolute Gasteiger partial charge is 0.330 e. The van der Waals surface area contributed by atoms with E-state index in [4.69, 9.17) is 0 Å². The van der Waals surface area contributed by atoms with Crippen LogP contribution in [0.15, 0.2) is 12.5 Å². The van der Waals surface area contributed by atoms with Gasteiger partial charge in [-0.25, -0.2) is 4.98 Å². The fraction of sp³-hybridized carbons (Fsp3) is 0.769. The molecular formula is C13H24N4. The van der Waals surface area contributed by atoms with Crippen LogP contribution in [0.4, 0.5) is 0 Å². The van der Waals surface area contributed by atoms with Crippen LogP contribution < -0.4 is 5.32 Å². The predicted octanol–water partition coefficient (Wildman–Crippen LogP) is 1.65. The number of hydrogen-bond acceptors (Lipinski definition) is 3. The smallest absolute Gasteiger partial charge is 0.0951 e. The Labute approximate surface area is 104 Å². The maximum atomic E-state index is 4.25.